The van der Waals surface area contributed by atoms with Gasteiger partial charge < -0.3 is 4.98 Å². The van der Waals surface area contributed by atoms with Crippen LogP contribution in [0.3, 0.4) is 0 Å². The Hall–Kier alpha value is -3.47. The van der Waals surface area contributed by atoms with E-state index in [2.05, 4.69) is 42.4 Å². The van der Waals surface area contributed by atoms with E-state index in [0.29, 0.717) is 0 Å². The Labute approximate surface area is 259 Å². The Morgan fingerprint density at radius 3 is 1.12 bits per heavy atom. The van der Waals surface area contributed by atoms with Crippen molar-refractivity contribution >= 4 is 42.4 Å². The summed E-state index contributed by atoms with van der Waals surface area (Å²) in [4.78, 5) is 16.4. The third-order valence-electron chi connectivity index (χ3n) is 4.26. The van der Waals surface area contributed by atoms with Crippen molar-refractivity contribution in [1.29, 1.82) is 0 Å². The van der Waals surface area contributed by atoms with Gasteiger partial charge in [-0.15, -0.1) is 44.2 Å². The maximum absolute atomic E-state index is 4.13. The first-order valence-corrected chi connectivity index (χ1v) is 15.2. The Bertz CT molecular complexity index is 1090. The van der Waals surface area contributed by atoms with Gasteiger partial charge in [0.2, 0.25) is 0 Å². The van der Waals surface area contributed by atoms with Crippen molar-refractivity contribution in [2.24, 2.45) is 0 Å². The Morgan fingerprint density at radius 2 is 1.00 bits per heavy atom. The highest BCUT2D eigenvalue weighted by molar-refractivity contribution is 7.11. The quantitative estimate of drug-likeness (QED) is 0.176. The Balaban J connectivity index is 0.000000467. The molecule has 0 amide bonds. The first-order chi connectivity index (χ1) is 19.2. The molecule has 0 saturated carbocycles. The SMILES string of the molecule is Cc1cnc(C)[nH]1.Cc1cnc(C)s1.Cc1csc(C)n1.Cc1nnc(C)s1.[B].c1ccccc1.c1ccccc1. The maximum Gasteiger partial charge on any atom is 0.114 e. The van der Waals surface area contributed by atoms with E-state index in [0.717, 1.165) is 37.2 Å². The van der Waals surface area contributed by atoms with E-state index in [4.69, 9.17) is 0 Å². The second-order valence-electron chi connectivity index (χ2n) is 8.30. The van der Waals surface area contributed by atoms with Crippen molar-refractivity contribution in [2.45, 2.75) is 55.4 Å². The lowest BCUT2D eigenvalue weighted by molar-refractivity contribution is 1.02. The zero-order chi connectivity index (χ0) is 29.6. The summed E-state index contributed by atoms with van der Waals surface area (Å²) in [6.45, 7) is 15.9. The highest BCUT2D eigenvalue weighted by atomic mass is 32.1. The summed E-state index contributed by atoms with van der Waals surface area (Å²) in [6, 6.07) is 24.0. The van der Waals surface area contributed by atoms with Crippen molar-refractivity contribution in [1.82, 2.24) is 30.1 Å². The average Bonchev–Trinajstić information content (AvgIpc) is 3.74. The molecule has 0 aliphatic carbocycles. The van der Waals surface area contributed by atoms with Gasteiger partial charge in [0, 0.05) is 42.5 Å². The first-order valence-electron chi connectivity index (χ1n) is 12.7. The minimum Gasteiger partial charge on any atom is -0.346 e. The summed E-state index contributed by atoms with van der Waals surface area (Å²) in [6.07, 6.45) is 3.70. The standard InChI is InChI=1S/2C6H6.C5H8N2.2C5H7NS.C4H6N2S.B/c2*1-2-4-6-5-3-1;1-4-3-6-5(2)7-4;1-4-3-7-5(2)6-4;1-4-3-6-5(2)7-4;1-3-5-6-4(2)7-3;/h2*1-6H;3H,1-2H3,(H,6,7);2*3H,1-2H3;1-2H3;. The molecule has 1 N–H and O–H groups in total. The van der Waals surface area contributed by atoms with Crippen LogP contribution in [-0.2, 0) is 0 Å². The highest BCUT2D eigenvalue weighted by Crippen LogP contribution is 2.08. The molecule has 0 fully saturated rings. The number of H-pyrrole nitrogens is 1. The third kappa shape index (κ3) is 22.0. The Kier molecular flexibility index (Phi) is 21.3. The summed E-state index contributed by atoms with van der Waals surface area (Å²) in [5, 5.41) is 14.0. The molecular weight excluding hydrogens is 563 g/mol. The summed E-state index contributed by atoms with van der Waals surface area (Å²) < 4.78 is 0. The smallest absolute Gasteiger partial charge is 0.114 e. The lowest BCUT2D eigenvalue weighted by Crippen LogP contribution is -1.70. The molecule has 10 heteroatoms. The van der Waals surface area contributed by atoms with Crippen LogP contribution < -0.4 is 0 Å². The molecule has 0 unspecified atom stereocenters. The predicted octanol–water partition coefficient (Wildman–Crippen LogP) is 8.69. The zero-order valence-electron chi connectivity index (χ0n) is 25.2. The van der Waals surface area contributed by atoms with E-state index in [1.165, 1.54) is 4.88 Å². The number of nitrogens with one attached hydrogen (secondary N) is 1. The van der Waals surface area contributed by atoms with Gasteiger partial charge in [0.25, 0.3) is 0 Å². The zero-order valence-corrected chi connectivity index (χ0v) is 27.6. The minimum absolute atomic E-state index is 0. The molecule has 6 rings (SSSR count). The molecule has 0 saturated heterocycles. The largest absolute Gasteiger partial charge is 0.346 e. The van der Waals surface area contributed by atoms with Gasteiger partial charge in [0.15, 0.2) is 0 Å². The summed E-state index contributed by atoms with van der Waals surface area (Å²) >= 11 is 5.05. The molecule has 3 radical (unpaired) electrons. The molecule has 2 aromatic carbocycles. The van der Waals surface area contributed by atoms with Gasteiger partial charge in [0.1, 0.15) is 15.8 Å². The topological polar surface area (TPSA) is 80.2 Å². The van der Waals surface area contributed by atoms with E-state index < -0.39 is 0 Å². The first kappa shape index (κ1) is 37.5. The molecule has 4 aromatic heterocycles. The molecule has 215 valence electrons. The number of rotatable bonds is 0. The van der Waals surface area contributed by atoms with Gasteiger partial charge in [-0.3, -0.25) is 0 Å². The predicted molar refractivity (Wildman–Crippen MR) is 179 cm³/mol. The Morgan fingerprint density at radius 1 is 0.537 bits per heavy atom. The average molecular weight is 604 g/mol. The lowest BCUT2D eigenvalue weighted by Gasteiger charge is -1.74. The summed E-state index contributed by atoms with van der Waals surface area (Å²) in [5.41, 5.74) is 2.25. The monoisotopic (exact) mass is 603 g/mol. The van der Waals surface area contributed by atoms with Crippen LogP contribution in [0.2, 0.25) is 0 Å². The number of hydrogen-bond acceptors (Lipinski definition) is 8. The fourth-order valence-electron chi connectivity index (χ4n) is 2.65. The molecule has 0 atom stereocenters. The molecule has 0 aliphatic heterocycles. The number of nitrogens with zero attached hydrogens (tertiary/aromatic N) is 5. The minimum atomic E-state index is 0. The normalized spacial score (nSPS) is 8.78. The highest BCUT2D eigenvalue weighted by Gasteiger charge is 1.88. The summed E-state index contributed by atoms with van der Waals surface area (Å²) in [5.74, 6) is 0.984. The second-order valence-corrected chi connectivity index (χ2v) is 12.2. The number of benzene rings is 2. The van der Waals surface area contributed by atoms with Crippen LogP contribution in [0.1, 0.15) is 42.1 Å². The van der Waals surface area contributed by atoms with Crippen LogP contribution >= 0.6 is 34.0 Å². The second kappa shape index (κ2) is 23.3. The van der Waals surface area contributed by atoms with Crippen LogP contribution in [0.15, 0.2) is 90.6 Å². The van der Waals surface area contributed by atoms with Crippen molar-refractivity contribution in [2.75, 3.05) is 0 Å². The van der Waals surface area contributed by atoms with Crippen molar-refractivity contribution in [3.05, 3.63) is 133 Å². The molecular formula is C31H40BN6S3. The molecule has 41 heavy (non-hydrogen) atoms. The van der Waals surface area contributed by atoms with Crippen LogP contribution in [0.25, 0.3) is 0 Å². The molecule has 0 bridgehead atoms. The number of thiazole rings is 2. The fourth-order valence-corrected chi connectivity index (χ4v) is 4.51. The van der Waals surface area contributed by atoms with E-state index in [1.54, 1.807) is 34.0 Å². The number of hydrogen-bond donors (Lipinski definition) is 1. The van der Waals surface area contributed by atoms with E-state index >= 15 is 0 Å². The van der Waals surface area contributed by atoms with Crippen LogP contribution in [0.5, 0.6) is 0 Å². The van der Waals surface area contributed by atoms with Gasteiger partial charge >= 0.3 is 0 Å². The molecule has 4 heterocycles. The fraction of sp³-hybridized carbons (Fsp3) is 0.258. The molecule has 6 aromatic rings. The van der Waals surface area contributed by atoms with E-state index in [9.17, 15) is 0 Å². The number of imidazole rings is 1. The molecule has 0 aliphatic rings. The van der Waals surface area contributed by atoms with Gasteiger partial charge in [-0.05, 0) is 55.4 Å². The number of aryl methyl sites for hydroxylation is 8. The van der Waals surface area contributed by atoms with Gasteiger partial charge in [0.05, 0.1) is 10.0 Å². The lowest BCUT2D eigenvalue weighted by atomic mass is 10.4. The van der Waals surface area contributed by atoms with Crippen LogP contribution in [-0.4, -0.2) is 38.5 Å². The summed E-state index contributed by atoms with van der Waals surface area (Å²) in [7, 11) is 0. The van der Waals surface area contributed by atoms with Gasteiger partial charge in [-0.1, -0.05) is 72.8 Å². The third-order valence-corrected chi connectivity index (χ3v) is 6.73. The number of aromatic amines is 1. The van der Waals surface area contributed by atoms with Crippen molar-refractivity contribution < 1.29 is 0 Å². The van der Waals surface area contributed by atoms with Gasteiger partial charge in [-0.2, -0.15) is 0 Å². The maximum atomic E-state index is 4.13. The van der Waals surface area contributed by atoms with Crippen LogP contribution in [0.4, 0.5) is 0 Å². The number of aromatic nitrogens is 6. The van der Waals surface area contributed by atoms with Crippen molar-refractivity contribution in [3.8, 4) is 0 Å². The van der Waals surface area contributed by atoms with Crippen molar-refractivity contribution in [3.63, 3.8) is 0 Å². The molecule has 6 nitrogen and oxygen atoms in total. The van der Waals surface area contributed by atoms with E-state index in [-0.39, 0.29) is 8.41 Å². The van der Waals surface area contributed by atoms with Gasteiger partial charge in [-0.25, -0.2) is 15.0 Å². The van der Waals surface area contributed by atoms with E-state index in [1.807, 2.05) is 134 Å². The van der Waals surface area contributed by atoms with Crippen LogP contribution in [0, 0.1) is 55.4 Å². The molecule has 0 spiro atoms.